The summed E-state index contributed by atoms with van der Waals surface area (Å²) in [6.07, 6.45) is -0.198. The molecule has 0 spiro atoms. The van der Waals surface area contributed by atoms with Crippen LogP contribution >= 0.6 is 0 Å². The van der Waals surface area contributed by atoms with Gasteiger partial charge in [0.25, 0.3) is 0 Å². The summed E-state index contributed by atoms with van der Waals surface area (Å²) in [5.74, 6) is 1.01. The number of nitrogens with zero attached hydrogens (tertiary/aromatic N) is 3. The van der Waals surface area contributed by atoms with E-state index < -0.39 is 5.97 Å². The number of esters is 1. The Morgan fingerprint density at radius 3 is 2.55 bits per heavy atom. The van der Waals surface area contributed by atoms with Gasteiger partial charge in [0.1, 0.15) is 23.2 Å². The van der Waals surface area contributed by atoms with Gasteiger partial charge in [-0.25, -0.2) is 9.78 Å². The van der Waals surface area contributed by atoms with Crippen molar-refractivity contribution in [1.82, 2.24) is 9.55 Å². The fourth-order valence-corrected chi connectivity index (χ4v) is 3.62. The molecule has 0 unspecified atom stereocenters. The third-order valence-electron chi connectivity index (χ3n) is 5.17. The van der Waals surface area contributed by atoms with Crippen LogP contribution in [0.3, 0.4) is 0 Å². The molecular weight excluding hydrogens is 396 g/mol. The summed E-state index contributed by atoms with van der Waals surface area (Å²) in [5, 5.41) is 19.4. The van der Waals surface area contributed by atoms with E-state index in [-0.39, 0.29) is 24.2 Å². The van der Waals surface area contributed by atoms with Crippen LogP contribution in [0.1, 0.15) is 30.0 Å². The fraction of sp³-hybridized carbons (Fsp3) is 0.261. The standard InChI is InChI=1S/C23H24N4O4/c1-13(2)31-23(29)14-5-7-15(8-6-14)27-12-19(28)20(21(27)24)22-25-17-11-16(30-4)9-10-18(17)26(22)3/h5-11,13,24,28H,12H2,1-4H3. The molecule has 1 aliphatic rings. The lowest BCUT2D eigenvalue weighted by atomic mass is 10.2. The quantitative estimate of drug-likeness (QED) is 0.607. The van der Waals surface area contributed by atoms with Gasteiger partial charge in [-0.2, -0.15) is 0 Å². The number of ether oxygens (including phenoxy) is 2. The monoisotopic (exact) mass is 420 g/mol. The van der Waals surface area contributed by atoms with Crippen molar-refractivity contribution in [2.24, 2.45) is 7.05 Å². The van der Waals surface area contributed by atoms with Crippen LogP contribution in [0.5, 0.6) is 5.75 Å². The van der Waals surface area contributed by atoms with Crippen molar-refractivity contribution in [1.29, 1.82) is 5.41 Å². The van der Waals surface area contributed by atoms with Crippen molar-refractivity contribution in [2.45, 2.75) is 20.0 Å². The maximum absolute atomic E-state index is 12.1. The second-order valence-corrected chi connectivity index (χ2v) is 7.61. The summed E-state index contributed by atoms with van der Waals surface area (Å²) < 4.78 is 12.3. The first kappa shape index (κ1) is 20.5. The van der Waals surface area contributed by atoms with Gasteiger partial charge in [-0.1, -0.05) is 0 Å². The van der Waals surface area contributed by atoms with Crippen molar-refractivity contribution in [2.75, 3.05) is 18.6 Å². The van der Waals surface area contributed by atoms with E-state index in [0.717, 1.165) is 11.0 Å². The van der Waals surface area contributed by atoms with Crippen LogP contribution in [0.15, 0.2) is 48.2 Å². The molecule has 0 saturated heterocycles. The molecule has 4 rings (SSSR count). The molecule has 0 atom stereocenters. The summed E-state index contributed by atoms with van der Waals surface area (Å²) in [5.41, 5.74) is 3.09. The molecule has 8 heteroatoms. The highest BCUT2D eigenvalue weighted by atomic mass is 16.5. The first-order valence-corrected chi connectivity index (χ1v) is 9.90. The van der Waals surface area contributed by atoms with Crippen molar-refractivity contribution in [3.63, 3.8) is 0 Å². The summed E-state index contributed by atoms with van der Waals surface area (Å²) in [4.78, 5) is 18.4. The molecular formula is C23H24N4O4. The van der Waals surface area contributed by atoms with Crippen molar-refractivity contribution in [3.8, 4) is 5.75 Å². The SMILES string of the molecule is COc1ccc2c(c1)nc(C1=C(O)CN(c3ccc(C(=O)OC(C)C)cc3)C1=N)n2C. The third kappa shape index (κ3) is 3.61. The van der Waals surface area contributed by atoms with E-state index >= 15 is 0 Å². The molecule has 2 heterocycles. The minimum atomic E-state index is -0.394. The molecule has 0 bridgehead atoms. The van der Waals surface area contributed by atoms with E-state index in [4.69, 9.17) is 14.9 Å². The predicted molar refractivity (Wildman–Crippen MR) is 119 cm³/mol. The zero-order valence-electron chi connectivity index (χ0n) is 17.8. The lowest BCUT2D eigenvalue weighted by Crippen LogP contribution is -2.26. The van der Waals surface area contributed by atoms with Gasteiger partial charge in [0.2, 0.25) is 0 Å². The first-order valence-electron chi connectivity index (χ1n) is 9.90. The molecule has 31 heavy (non-hydrogen) atoms. The lowest BCUT2D eigenvalue weighted by molar-refractivity contribution is 0.0378. The van der Waals surface area contributed by atoms with E-state index in [1.165, 1.54) is 0 Å². The number of imidazole rings is 1. The summed E-state index contributed by atoms with van der Waals surface area (Å²) in [6.45, 7) is 3.74. The second-order valence-electron chi connectivity index (χ2n) is 7.61. The van der Waals surface area contributed by atoms with Crippen molar-refractivity contribution < 1.29 is 19.4 Å². The van der Waals surface area contributed by atoms with E-state index in [1.54, 1.807) is 50.1 Å². The van der Waals surface area contributed by atoms with E-state index in [9.17, 15) is 9.90 Å². The maximum atomic E-state index is 12.1. The zero-order chi connectivity index (χ0) is 22.3. The van der Waals surface area contributed by atoms with Gasteiger partial charge in [-0.3, -0.25) is 5.41 Å². The largest absolute Gasteiger partial charge is 0.509 e. The minimum absolute atomic E-state index is 0.0682. The number of carbonyl (C=O) groups is 1. The van der Waals surface area contributed by atoms with Gasteiger partial charge in [0, 0.05) is 18.8 Å². The molecule has 2 N–H and O–H groups in total. The number of methoxy groups -OCH3 is 1. The number of aliphatic hydroxyl groups excluding tert-OH is 1. The Labute approximate surface area is 179 Å². The van der Waals surface area contributed by atoms with Crippen LogP contribution in [0.25, 0.3) is 16.6 Å². The average molecular weight is 420 g/mol. The molecule has 3 aromatic rings. The number of hydrogen-bond acceptors (Lipinski definition) is 6. The van der Waals surface area contributed by atoms with Crippen molar-refractivity contribution in [3.05, 3.63) is 59.6 Å². The number of aromatic nitrogens is 2. The van der Waals surface area contributed by atoms with Gasteiger partial charge >= 0.3 is 5.97 Å². The summed E-state index contributed by atoms with van der Waals surface area (Å²) in [7, 11) is 3.44. The molecule has 0 amide bonds. The highest BCUT2D eigenvalue weighted by molar-refractivity contribution is 6.30. The number of hydrogen-bond donors (Lipinski definition) is 2. The molecule has 8 nitrogen and oxygen atoms in total. The lowest BCUT2D eigenvalue weighted by Gasteiger charge is -2.19. The first-order chi connectivity index (χ1) is 14.8. The Balaban J connectivity index is 1.63. The minimum Gasteiger partial charge on any atom is -0.509 e. The fourth-order valence-electron chi connectivity index (χ4n) is 3.62. The summed E-state index contributed by atoms with van der Waals surface area (Å²) in [6, 6.07) is 12.4. The van der Waals surface area contributed by atoms with Gasteiger partial charge in [0.05, 0.1) is 41.9 Å². The highest BCUT2D eigenvalue weighted by Gasteiger charge is 2.32. The Morgan fingerprint density at radius 1 is 1.19 bits per heavy atom. The predicted octanol–water partition coefficient (Wildman–Crippen LogP) is 3.91. The molecule has 2 aromatic carbocycles. The van der Waals surface area contributed by atoms with Crippen LogP contribution in [-0.4, -0.2) is 46.2 Å². The molecule has 0 fully saturated rings. The number of rotatable bonds is 5. The highest BCUT2D eigenvalue weighted by Crippen LogP contribution is 2.33. The van der Waals surface area contributed by atoms with E-state index in [1.807, 2.05) is 29.8 Å². The number of anilines is 1. The third-order valence-corrected chi connectivity index (χ3v) is 5.17. The Bertz CT molecular complexity index is 1210. The summed E-state index contributed by atoms with van der Waals surface area (Å²) >= 11 is 0. The Kier molecular flexibility index (Phi) is 5.14. The number of carbonyl (C=O) groups excluding carboxylic acids is 1. The van der Waals surface area contributed by atoms with Crippen LogP contribution in [0, 0.1) is 5.41 Å². The van der Waals surface area contributed by atoms with Gasteiger partial charge in [-0.15, -0.1) is 0 Å². The molecule has 0 saturated carbocycles. The average Bonchev–Trinajstić information content (AvgIpc) is 3.22. The van der Waals surface area contributed by atoms with Gasteiger partial charge in [-0.05, 0) is 50.2 Å². The van der Waals surface area contributed by atoms with Crippen LogP contribution < -0.4 is 9.64 Å². The molecule has 0 aliphatic carbocycles. The molecule has 1 aromatic heterocycles. The number of amidine groups is 1. The van der Waals surface area contributed by atoms with Gasteiger partial charge < -0.3 is 24.0 Å². The molecule has 0 radical (unpaired) electrons. The topological polar surface area (TPSA) is 101 Å². The number of aliphatic hydroxyl groups is 1. The maximum Gasteiger partial charge on any atom is 0.338 e. The number of fused-ring (bicyclic) bond motifs is 1. The van der Waals surface area contributed by atoms with Crippen LogP contribution in [0.4, 0.5) is 5.69 Å². The Morgan fingerprint density at radius 2 is 1.90 bits per heavy atom. The molecule has 1 aliphatic heterocycles. The number of aryl methyl sites for hydroxylation is 1. The molecule has 160 valence electrons. The van der Waals surface area contributed by atoms with Crippen LogP contribution in [0.2, 0.25) is 0 Å². The van der Waals surface area contributed by atoms with E-state index in [2.05, 4.69) is 4.98 Å². The number of nitrogens with one attached hydrogen (secondary N) is 1. The van der Waals surface area contributed by atoms with Crippen molar-refractivity contribution >= 4 is 34.1 Å². The smallest absolute Gasteiger partial charge is 0.338 e. The van der Waals surface area contributed by atoms with Gasteiger partial charge in [0.15, 0.2) is 0 Å². The Hall–Kier alpha value is -3.81. The normalized spacial score (nSPS) is 14.1. The van der Waals surface area contributed by atoms with E-state index in [0.29, 0.717) is 28.4 Å². The second kappa shape index (κ2) is 7.79. The van der Waals surface area contributed by atoms with Crippen LogP contribution in [-0.2, 0) is 11.8 Å². The number of benzene rings is 2. The zero-order valence-corrected chi connectivity index (χ0v) is 17.8.